The summed E-state index contributed by atoms with van der Waals surface area (Å²) < 4.78 is 7.23. The molecule has 0 N–H and O–H groups in total. The van der Waals surface area contributed by atoms with Crippen LogP contribution in [0.5, 0.6) is 5.75 Å². The number of rotatable bonds is 10. The number of ketones is 2. The largest absolute Gasteiger partial charge is 0.486 e. The smallest absolute Gasteiger partial charge is 0.255 e. The number of nitrogens with zero attached hydrogens (tertiary/aromatic N) is 2. The summed E-state index contributed by atoms with van der Waals surface area (Å²) in [5.74, 6) is 0.426. The number of carbonyl (C=O) groups excluding carboxylic acids is 3. The highest BCUT2D eigenvalue weighted by Gasteiger charge is 2.36. The number of carbonyl (C=O) groups is 3. The van der Waals surface area contributed by atoms with Gasteiger partial charge in [0.25, 0.3) is 5.91 Å². The van der Waals surface area contributed by atoms with E-state index in [0.29, 0.717) is 43.7 Å². The Hall–Kier alpha value is -3.06. The standard InChI is InChI=1S/C26H28N2O4S/c1-4-17-9-12-24-21(13-17)27-25(33-24)15-32-23-8-6-7-19-20(23)14-28(26(19)31)22(16(3)29)11-10-18(30)5-2/h6-9,12-13,22H,4-5,10-11,14-15H2,1-3H3. The van der Waals surface area contributed by atoms with Crippen LogP contribution in [0, 0.1) is 0 Å². The van der Waals surface area contributed by atoms with Crippen LogP contribution in [0.2, 0.25) is 0 Å². The van der Waals surface area contributed by atoms with Crippen molar-refractivity contribution in [2.24, 2.45) is 0 Å². The van der Waals surface area contributed by atoms with Crippen LogP contribution in [0.15, 0.2) is 36.4 Å². The van der Waals surface area contributed by atoms with E-state index in [9.17, 15) is 14.4 Å². The Balaban J connectivity index is 1.51. The van der Waals surface area contributed by atoms with E-state index in [4.69, 9.17) is 9.72 Å². The van der Waals surface area contributed by atoms with Gasteiger partial charge in [0.1, 0.15) is 23.1 Å². The summed E-state index contributed by atoms with van der Waals surface area (Å²) in [5.41, 5.74) is 3.56. The Morgan fingerprint density at radius 3 is 2.76 bits per heavy atom. The second-order valence-corrected chi connectivity index (χ2v) is 9.44. The number of fused-ring (bicyclic) bond motifs is 2. The van der Waals surface area contributed by atoms with Gasteiger partial charge in [0.05, 0.1) is 22.8 Å². The zero-order valence-corrected chi connectivity index (χ0v) is 20.0. The number of thiazole rings is 1. The van der Waals surface area contributed by atoms with Gasteiger partial charge in [-0.05, 0) is 49.6 Å². The summed E-state index contributed by atoms with van der Waals surface area (Å²) in [6.07, 6.45) is 2.04. The molecule has 1 aliphatic heterocycles. The van der Waals surface area contributed by atoms with Crippen molar-refractivity contribution >= 4 is 39.0 Å². The van der Waals surface area contributed by atoms with Gasteiger partial charge in [0.15, 0.2) is 5.78 Å². The first-order valence-electron chi connectivity index (χ1n) is 11.4. The molecule has 2 heterocycles. The minimum absolute atomic E-state index is 0.0938. The van der Waals surface area contributed by atoms with Crippen molar-refractivity contribution < 1.29 is 19.1 Å². The van der Waals surface area contributed by atoms with Crippen molar-refractivity contribution in [1.82, 2.24) is 9.88 Å². The SMILES string of the molecule is CCC(=O)CCC(C(C)=O)N1Cc2c(OCc3nc4cc(CC)ccc4s3)cccc2C1=O. The van der Waals surface area contributed by atoms with Gasteiger partial charge in [-0.3, -0.25) is 14.4 Å². The molecule has 172 valence electrons. The van der Waals surface area contributed by atoms with Crippen molar-refractivity contribution in [2.45, 2.75) is 65.6 Å². The first kappa shape index (κ1) is 23.1. The molecule has 1 amide bonds. The first-order valence-corrected chi connectivity index (χ1v) is 12.2. The van der Waals surface area contributed by atoms with Crippen molar-refractivity contribution in [3.05, 3.63) is 58.1 Å². The zero-order chi connectivity index (χ0) is 23.5. The monoisotopic (exact) mass is 464 g/mol. The van der Waals surface area contributed by atoms with Crippen molar-refractivity contribution in [3.8, 4) is 5.75 Å². The molecule has 1 unspecified atom stereocenters. The van der Waals surface area contributed by atoms with Crippen LogP contribution in [0.3, 0.4) is 0 Å². The Bertz CT molecular complexity index is 1220. The molecule has 1 atom stereocenters. The molecule has 3 aromatic rings. The molecule has 2 aromatic carbocycles. The Labute approximate surface area is 197 Å². The summed E-state index contributed by atoms with van der Waals surface area (Å²) in [6, 6.07) is 11.1. The number of hydrogen-bond acceptors (Lipinski definition) is 6. The lowest BCUT2D eigenvalue weighted by Gasteiger charge is -2.25. The minimum Gasteiger partial charge on any atom is -0.486 e. The van der Waals surface area contributed by atoms with Gasteiger partial charge in [-0.25, -0.2) is 4.98 Å². The molecular weight excluding hydrogens is 436 g/mol. The number of hydrogen-bond donors (Lipinski definition) is 0. The second kappa shape index (κ2) is 9.83. The Morgan fingerprint density at radius 2 is 2.03 bits per heavy atom. The van der Waals surface area contributed by atoms with E-state index in [2.05, 4.69) is 25.1 Å². The van der Waals surface area contributed by atoms with E-state index in [1.54, 1.807) is 35.3 Å². The lowest BCUT2D eigenvalue weighted by Crippen LogP contribution is -2.40. The maximum atomic E-state index is 13.1. The summed E-state index contributed by atoms with van der Waals surface area (Å²) >= 11 is 1.60. The summed E-state index contributed by atoms with van der Waals surface area (Å²) in [4.78, 5) is 43.5. The molecule has 7 heteroatoms. The number of amides is 1. The lowest BCUT2D eigenvalue weighted by atomic mass is 10.0. The fraction of sp³-hybridized carbons (Fsp3) is 0.385. The van der Waals surface area contributed by atoms with Crippen LogP contribution in [0.25, 0.3) is 10.2 Å². The van der Waals surface area contributed by atoms with Gasteiger partial charge in [-0.2, -0.15) is 0 Å². The molecule has 1 aliphatic rings. The molecule has 0 bridgehead atoms. The van der Waals surface area contributed by atoms with Crippen LogP contribution in [-0.2, 0) is 29.2 Å². The molecule has 0 spiro atoms. The highest BCUT2D eigenvalue weighted by molar-refractivity contribution is 7.18. The summed E-state index contributed by atoms with van der Waals surface area (Å²) in [6.45, 7) is 6.02. The molecule has 6 nitrogen and oxygen atoms in total. The minimum atomic E-state index is -0.606. The third kappa shape index (κ3) is 4.83. The van der Waals surface area contributed by atoms with E-state index in [1.807, 2.05) is 6.07 Å². The fourth-order valence-electron chi connectivity index (χ4n) is 4.21. The van der Waals surface area contributed by atoms with Crippen LogP contribution in [0.4, 0.5) is 0 Å². The average molecular weight is 465 g/mol. The lowest BCUT2D eigenvalue weighted by molar-refractivity contribution is -0.122. The highest BCUT2D eigenvalue weighted by atomic mass is 32.1. The molecule has 0 saturated carbocycles. The molecule has 0 fully saturated rings. The van der Waals surface area contributed by atoms with Crippen molar-refractivity contribution in [2.75, 3.05) is 0 Å². The van der Waals surface area contributed by atoms with Crippen LogP contribution in [-0.4, -0.2) is 33.4 Å². The topological polar surface area (TPSA) is 76.6 Å². The quantitative estimate of drug-likeness (QED) is 0.417. The number of Topliss-reactive ketones (excluding diaryl/α,β-unsaturated/α-hetero) is 2. The normalized spacial score (nSPS) is 13.9. The van der Waals surface area contributed by atoms with Gasteiger partial charge in [0.2, 0.25) is 0 Å². The zero-order valence-electron chi connectivity index (χ0n) is 19.2. The third-order valence-corrected chi connectivity index (χ3v) is 7.15. The second-order valence-electron chi connectivity index (χ2n) is 8.32. The van der Waals surface area contributed by atoms with E-state index in [-0.39, 0.29) is 17.5 Å². The fourth-order valence-corrected chi connectivity index (χ4v) is 5.07. The van der Waals surface area contributed by atoms with E-state index < -0.39 is 6.04 Å². The van der Waals surface area contributed by atoms with Crippen LogP contribution >= 0.6 is 11.3 Å². The van der Waals surface area contributed by atoms with E-state index in [0.717, 1.165) is 27.2 Å². The molecule has 0 radical (unpaired) electrons. The average Bonchev–Trinajstić information content (AvgIpc) is 3.38. The molecular formula is C26H28N2O4S. The summed E-state index contributed by atoms with van der Waals surface area (Å²) in [5, 5.41) is 0.872. The van der Waals surface area contributed by atoms with Crippen LogP contribution < -0.4 is 4.74 Å². The Kier molecular flexibility index (Phi) is 6.88. The van der Waals surface area contributed by atoms with Crippen LogP contribution in [0.1, 0.15) is 66.5 Å². The Morgan fingerprint density at radius 1 is 1.21 bits per heavy atom. The van der Waals surface area contributed by atoms with Gasteiger partial charge < -0.3 is 9.64 Å². The maximum Gasteiger partial charge on any atom is 0.255 e. The maximum absolute atomic E-state index is 13.1. The van der Waals surface area contributed by atoms with Crippen molar-refractivity contribution in [1.29, 1.82) is 0 Å². The highest BCUT2D eigenvalue weighted by Crippen LogP contribution is 2.34. The molecule has 0 aliphatic carbocycles. The predicted octanol–water partition coefficient (Wildman–Crippen LogP) is 5.11. The number of ether oxygens (including phenoxy) is 1. The number of aromatic nitrogens is 1. The van der Waals surface area contributed by atoms with E-state index >= 15 is 0 Å². The molecule has 1 aromatic heterocycles. The predicted molar refractivity (Wildman–Crippen MR) is 129 cm³/mol. The van der Waals surface area contributed by atoms with Gasteiger partial charge >= 0.3 is 0 Å². The molecule has 0 saturated heterocycles. The third-order valence-electron chi connectivity index (χ3n) is 6.14. The van der Waals surface area contributed by atoms with Gasteiger partial charge in [-0.1, -0.05) is 26.0 Å². The molecule has 4 rings (SSSR count). The van der Waals surface area contributed by atoms with Gasteiger partial charge in [-0.15, -0.1) is 11.3 Å². The van der Waals surface area contributed by atoms with E-state index in [1.165, 1.54) is 12.5 Å². The number of benzene rings is 2. The number of aryl methyl sites for hydroxylation is 1. The summed E-state index contributed by atoms with van der Waals surface area (Å²) in [7, 11) is 0. The molecule has 33 heavy (non-hydrogen) atoms. The first-order chi connectivity index (χ1) is 15.9. The van der Waals surface area contributed by atoms with Gasteiger partial charge in [0, 0.05) is 24.0 Å². The van der Waals surface area contributed by atoms with Crippen molar-refractivity contribution in [3.63, 3.8) is 0 Å².